The number of hydrogen-bond acceptors (Lipinski definition) is 2. The maximum atomic E-state index is 3.63. The first-order valence-corrected chi connectivity index (χ1v) is 9.10. The van der Waals surface area contributed by atoms with Gasteiger partial charge >= 0.3 is 0 Å². The summed E-state index contributed by atoms with van der Waals surface area (Å²) in [5, 5.41) is 3.63. The fraction of sp³-hybridized carbons (Fsp3) is 1.00. The van der Waals surface area contributed by atoms with Crippen molar-refractivity contribution in [3.63, 3.8) is 0 Å². The van der Waals surface area contributed by atoms with Crippen LogP contribution < -0.4 is 5.32 Å². The van der Waals surface area contributed by atoms with Gasteiger partial charge in [0.15, 0.2) is 0 Å². The van der Waals surface area contributed by atoms with Crippen LogP contribution in [0.3, 0.4) is 0 Å². The highest BCUT2D eigenvalue weighted by Gasteiger charge is 2.36. The van der Waals surface area contributed by atoms with Crippen LogP contribution in [-0.2, 0) is 0 Å². The Morgan fingerprint density at radius 3 is 2.55 bits per heavy atom. The zero-order valence-corrected chi connectivity index (χ0v) is 14.1. The molecule has 0 amide bonds. The predicted molar refractivity (Wildman–Crippen MR) is 88.1 cm³/mol. The van der Waals surface area contributed by atoms with Crippen molar-refractivity contribution in [2.45, 2.75) is 78.2 Å². The first-order chi connectivity index (χ1) is 9.65. The minimum absolute atomic E-state index is 0.578. The third-order valence-electron chi connectivity index (χ3n) is 5.49. The van der Waals surface area contributed by atoms with Gasteiger partial charge in [0.25, 0.3) is 0 Å². The Balaban J connectivity index is 1.97. The molecule has 1 saturated heterocycles. The van der Waals surface area contributed by atoms with Gasteiger partial charge in [-0.1, -0.05) is 40.0 Å². The summed E-state index contributed by atoms with van der Waals surface area (Å²) < 4.78 is 0. The van der Waals surface area contributed by atoms with Crippen LogP contribution in [0.2, 0.25) is 0 Å². The molecule has 2 fully saturated rings. The number of nitrogens with zero attached hydrogens (tertiary/aromatic N) is 1. The van der Waals surface area contributed by atoms with Gasteiger partial charge in [-0.15, -0.1) is 0 Å². The largest absolute Gasteiger partial charge is 0.316 e. The van der Waals surface area contributed by atoms with Gasteiger partial charge in [0.2, 0.25) is 0 Å². The van der Waals surface area contributed by atoms with Crippen LogP contribution in [0.15, 0.2) is 0 Å². The van der Waals surface area contributed by atoms with Crippen molar-refractivity contribution in [1.82, 2.24) is 10.2 Å². The Morgan fingerprint density at radius 2 is 2.00 bits per heavy atom. The summed E-state index contributed by atoms with van der Waals surface area (Å²) in [6.07, 6.45) is 11.3. The molecule has 1 atom stereocenters. The van der Waals surface area contributed by atoms with Crippen LogP contribution >= 0.6 is 0 Å². The maximum Gasteiger partial charge on any atom is 0.00955 e. The van der Waals surface area contributed by atoms with Crippen molar-refractivity contribution >= 4 is 0 Å². The molecule has 2 aliphatic rings. The molecule has 1 unspecified atom stereocenters. The average Bonchev–Trinajstić information content (AvgIpc) is 3.06. The minimum Gasteiger partial charge on any atom is -0.316 e. The topological polar surface area (TPSA) is 15.3 Å². The Hall–Kier alpha value is -0.0800. The summed E-state index contributed by atoms with van der Waals surface area (Å²) in [5.41, 5.74) is 0.578. The van der Waals surface area contributed by atoms with Crippen LogP contribution in [0.4, 0.5) is 0 Å². The first kappa shape index (κ1) is 16.3. The van der Waals surface area contributed by atoms with Crippen molar-refractivity contribution in [3.05, 3.63) is 0 Å². The summed E-state index contributed by atoms with van der Waals surface area (Å²) in [6.45, 7) is 12.3. The fourth-order valence-corrected chi connectivity index (χ4v) is 4.27. The van der Waals surface area contributed by atoms with E-state index in [4.69, 9.17) is 0 Å². The van der Waals surface area contributed by atoms with Gasteiger partial charge in [0.1, 0.15) is 0 Å². The van der Waals surface area contributed by atoms with Crippen LogP contribution in [0.5, 0.6) is 0 Å². The minimum atomic E-state index is 0.578. The van der Waals surface area contributed by atoms with Gasteiger partial charge in [-0.3, -0.25) is 4.90 Å². The molecule has 2 nitrogen and oxygen atoms in total. The lowest BCUT2D eigenvalue weighted by Gasteiger charge is -2.38. The van der Waals surface area contributed by atoms with Gasteiger partial charge in [-0.05, 0) is 56.5 Å². The van der Waals surface area contributed by atoms with E-state index in [2.05, 4.69) is 31.0 Å². The van der Waals surface area contributed by atoms with Crippen molar-refractivity contribution in [1.29, 1.82) is 0 Å². The molecular formula is C18H36N2. The molecule has 0 radical (unpaired) electrons. The van der Waals surface area contributed by atoms with Gasteiger partial charge in [0, 0.05) is 19.1 Å². The monoisotopic (exact) mass is 280 g/mol. The number of hydrogen-bond donors (Lipinski definition) is 1. The molecule has 1 heterocycles. The van der Waals surface area contributed by atoms with Crippen LogP contribution in [0, 0.1) is 11.3 Å². The van der Waals surface area contributed by atoms with E-state index in [-0.39, 0.29) is 0 Å². The zero-order chi connectivity index (χ0) is 14.4. The van der Waals surface area contributed by atoms with E-state index in [0.29, 0.717) is 5.41 Å². The van der Waals surface area contributed by atoms with E-state index >= 15 is 0 Å². The van der Waals surface area contributed by atoms with Gasteiger partial charge in [0.05, 0.1) is 0 Å². The molecular weight excluding hydrogens is 244 g/mol. The lowest BCUT2D eigenvalue weighted by atomic mass is 9.81. The van der Waals surface area contributed by atoms with Gasteiger partial charge in [-0.25, -0.2) is 0 Å². The van der Waals surface area contributed by atoms with E-state index in [0.717, 1.165) is 12.0 Å². The molecule has 0 aromatic carbocycles. The Morgan fingerprint density at radius 1 is 1.25 bits per heavy atom. The van der Waals surface area contributed by atoms with E-state index in [9.17, 15) is 0 Å². The van der Waals surface area contributed by atoms with Crippen molar-refractivity contribution < 1.29 is 0 Å². The molecule has 0 bridgehead atoms. The summed E-state index contributed by atoms with van der Waals surface area (Å²) >= 11 is 0. The summed E-state index contributed by atoms with van der Waals surface area (Å²) in [4.78, 5) is 2.88. The van der Waals surface area contributed by atoms with Crippen LogP contribution in [0.25, 0.3) is 0 Å². The molecule has 2 heteroatoms. The predicted octanol–water partition coefficient (Wildman–Crippen LogP) is 4.06. The molecule has 20 heavy (non-hydrogen) atoms. The van der Waals surface area contributed by atoms with Crippen LogP contribution in [0.1, 0.15) is 72.1 Å². The smallest absolute Gasteiger partial charge is 0.00955 e. The Bertz CT molecular complexity index is 263. The number of rotatable bonds is 8. The zero-order valence-electron chi connectivity index (χ0n) is 14.1. The quantitative estimate of drug-likeness (QED) is 0.721. The first-order valence-electron chi connectivity index (χ1n) is 9.10. The maximum absolute atomic E-state index is 3.63. The molecule has 1 aliphatic heterocycles. The van der Waals surface area contributed by atoms with Crippen molar-refractivity contribution in [2.24, 2.45) is 11.3 Å². The molecule has 0 spiro atoms. The van der Waals surface area contributed by atoms with E-state index < -0.39 is 0 Å². The average molecular weight is 280 g/mol. The second-order valence-corrected chi connectivity index (χ2v) is 7.77. The molecule has 1 aliphatic carbocycles. The third kappa shape index (κ3) is 4.46. The molecule has 118 valence electrons. The molecule has 2 rings (SSSR count). The van der Waals surface area contributed by atoms with E-state index in [1.807, 2.05) is 0 Å². The molecule has 1 N–H and O–H groups in total. The van der Waals surface area contributed by atoms with Gasteiger partial charge in [-0.2, -0.15) is 0 Å². The molecule has 0 aromatic heterocycles. The Labute approximate surface area is 126 Å². The standard InChI is InChI=1S/C18H36N2/c1-4-10-18(11-12-19-14-18)15-20(13-9-16(2)3)17-7-5-6-8-17/h16-17,19H,4-15H2,1-3H3. The molecule has 1 saturated carbocycles. The van der Waals surface area contributed by atoms with E-state index in [1.54, 1.807) is 0 Å². The number of nitrogens with one attached hydrogen (secondary N) is 1. The summed E-state index contributed by atoms with van der Waals surface area (Å²) in [7, 11) is 0. The molecule has 0 aromatic rings. The highest BCUT2D eigenvalue weighted by Crippen LogP contribution is 2.35. The van der Waals surface area contributed by atoms with Crippen molar-refractivity contribution in [2.75, 3.05) is 26.2 Å². The second-order valence-electron chi connectivity index (χ2n) is 7.77. The summed E-state index contributed by atoms with van der Waals surface area (Å²) in [5.74, 6) is 0.836. The third-order valence-corrected chi connectivity index (χ3v) is 5.49. The SMILES string of the molecule is CCCC1(CN(CCC(C)C)C2CCCC2)CCNC1. The Kier molecular flexibility index (Phi) is 6.35. The lowest BCUT2D eigenvalue weighted by Crippen LogP contribution is -2.44. The summed E-state index contributed by atoms with van der Waals surface area (Å²) in [6, 6.07) is 0.892. The highest BCUT2D eigenvalue weighted by molar-refractivity contribution is 4.92. The highest BCUT2D eigenvalue weighted by atomic mass is 15.2. The van der Waals surface area contributed by atoms with Gasteiger partial charge < -0.3 is 5.32 Å². The normalized spacial score (nSPS) is 28.1. The van der Waals surface area contributed by atoms with Crippen molar-refractivity contribution in [3.8, 4) is 0 Å². The lowest BCUT2D eigenvalue weighted by molar-refractivity contribution is 0.107. The van der Waals surface area contributed by atoms with E-state index in [1.165, 1.54) is 77.5 Å². The second kappa shape index (κ2) is 7.79. The van der Waals surface area contributed by atoms with Crippen LogP contribution in [-0.4, -0.2) is 37.1 Å². The fourth-order valence-electron chi connectivity index (χ4n) is 4.27.